The topological polar surface area (TPSA) is 97.2 Å². The highest BCUT2D eigenvalue weighted by atomic mass is 16.6. The van der Waals surface area contributed by atoms with Crippen LogP contribution in [-0.2, 0) is 17.8 Å². The lowest BCUT2D eigenvalue weighted by Gasteiger charge is -2.36. The van der Waals surface area contributed by atoms with E-state index >= 15 is 0 Å². The Bertz CT molecular complexity index is 1420. The van der Waals surface area contributed by atoms with Crippen LogP contribution in [0.25, 0.3) is 22.3 Å². The molecule has 2 aliphatic rings. The molecule has 1 saturated heterocycles. The van der Waals surface area contributed by atoms with E-state index < -0.39 is 5.60 Å². The molecule has 3 heterocycles. The maximum absolute atomic E-state index is 12.8. The molecule has 6 rings (SSSR count). The molecule has 1 saturated carbocycles. The Morgan fingerprint density at radius 3 is 2.91 bits per heavy atom. The minimum Gasteiger partial charge on any atom is -0.441 e. The van der Waals surface area contributed by atoms with Gasteiger partial charge in [-0.25, -0.2) is 9.78 Å². The van der Waals surface area contributed by atoms with E-state index in [1.54, 1.807) is 11.0 Å². The van der Waals surface area contributed by atoms with Gasteiger partial charge in [-0.05, 0) is 49.8 Å². The van der Waals surface area contributed by atoms with Crippen LogP contribution < -0.4 is 0 Å². The molecule has 2 aromatic carbocycles. The molecule has 1 aliphatic carbocycles. The quantitative estimate of drug-likeness (QED) is 0.403. The van der Waals surface area contributed by atoms with Gasteiger partial charge in [-0.15, -0.1) is 0 Å². The molecule has 2 fully saturated rings. The Labute approximate surface area is 202 Å². The average Bonchev–Trinajstić information content (AvgIpc) is 3.58. The second-order valence-corrected chi connectivity index (χ2v) is 9.63. The van der Waals surface area contributed by atoms with Crippen molar-refractivity contribution in [3.8, 4) is 17.3 Å². The van der Waals surface area contributed by atoms with E-state index in [0.29, 0.717) is 30.3 Å². The van der Waals surface area contributed by atoms with Gasteiger partial charge in [0.2, 0.25) is 0 Å². The van der Waals surface area contributed by atoms with E-state index in [0.717, 1.165) is 54.5 Å². The Morgan fingerprint density at radius 1 is 1.17 bits per heavy atom. The number of hydrogen-bond acceptors (Lipinski definition) is 6. The van der Waals surface area contributed by atoms with Crippen LogP contribution in [0.1, 0.15) is 37.0 Å². The zero-order valence-corrected chi connectivity index (χ0v) is 19.3. The van der Waals surface area contributed by atoms with Crippen LogP contribution in [0.5, 0.6) is 0 Å². The number of hydrogen-bond donors (Lipinski definition) is 0. The van der Waals surface area contributed by atoms with Crippen molar-refractivity contribution in [3.05, 3.63) is 72.2 Å². The maximum Gasteiger partial charge on any atom is 0.410 e. The van der Waals surface area contributed by atoms with E-state index in [1.807, 2.05) is 54.9 Å². The van der Waals surface area contributed by atoms with Gasteiger partial charge < -0.3 is 13.8 Å². The highest BCUT2D eigenvalue weighted by molar-refractivity contribution is 5.77. The number of carbonyl (C=O) groups excluding carboxylic acids is 1. The minimum absolute atomic E-state index is 0.296. The molecule has 8 nitrogen and oxygen atoms in total. The van der Waals surface area contributed by atoms with Gasteiger partial charge in [-0.1, -0.05) is 35.5 Å². The maximum atomic E-state index is 12.8. The van der Waals surface area contributed by atoms with Gasteiger partial charge >= 0.3 is 6.09 Å². The lowest BCUT2D eigenvalue weighted by Crippen LogP contribution is -2.40. The largest absolute Gasteiger partial charge is 0.441 e. The molecule has 1 amide bonds. The van der Waals surface area contributed by atoms with E-state index in [1.165, 1.54) is 0 Å². The molecule has 2 unspecified atom stereocenters. The molecule has 2 aromatic heterocycles. The van der Waals surface area contributed by atoms with E-state index in [4.69, 9.17) is 9.26 Å². The van der Waals surface area contributed by atoms with E-state index in [2.05, 4.69) is 20.8 Å². The van der Waals surface area contributed by atoms with Crippen molar-refractivity contribution in [1.29, 1.82) is 5.26 Å². The smallest absolute Gasteiger partial charge is 0.410 e. The van der Waals surface area contributed by atoms with E-state index in [-0.39, 0.29) is 6.09 Å². The normalized spacial score (nSPS) is 22.0. The minimum atomic E-state index is -0.476. The van der Waals surface area contributed by atoms with Gasteiger partial charge in [0.1, 0.15) is 11.3 Å². The third-order valence-corrected chi connectivity index (χ3v) is 7.13. The summed E-state index contributed by atoms with van der Waals surface area (Å²) >= 11 is 0. The van der Waals surface area contributed by atoms with Crippen LogP contribution in [0, 0.1) is 17.2 Å². The first-order valence-corrected chi connectivity index (χ1v) is 11.9. The molecule has 8 heteroatoms. The molecule has 1 aliphatic heterocycles. The number of nitriles is 1. The van der Waals surface area contributed by atoms with Crippen molar-refractivity contribution in [2.75, 3.05) is 6.54 Å². The number of imidazole rings is 1. The SMILES string of the molecule is N#Cc1ccc2ncn(CC3CCCC4(C3)CN(Cc3cc(-c5ccccc5)no3)C(=O)O4)c2c1. The summed E-state index contributed by atoms with van der Waals surface area (Å²) in [6.07, 6.45) is 5.28. The summed E-state index contributed by atoms with van der Waals surface area (Å²) in [5.41, 5.74) is 3.74. The monoisotopic (exact) mass is 467 g/mol. The third kappa shape index (κ3) is 4.14. The van der Waals surface area contributed by atoms with E-state index in [9.17, 15) is 10.1 Å². The summed E-state index contributed by atoms with van der Waals surface area (Å²) in [5, 5.41) is 13.4. The molecule has 2 atom stereocenters. The van der Waals surface area contributed by atoms with Crippen LogP contribution in [0.3, 0.4) is 0 Å². The lowest BCUT2D eigenvalue weighted by molar-refractivity contribution is 0.00414. The van der Waals surface area contributed by atoms with Crippen molar-refractivity contribution in [2.24, 2.45) is 5.92 Å². The zero-order valence-electron chi connectivity index (χ0n) is 19.3. The summed E-state index contributed by atoms with van der Waals surface area (Å²) < 4.78 is 13.6. The van der Waals surface area contributed by atoms with Crippen LogP contribution in [0.4, 0.5) is 4.79 Å². The number of rotatable bonds is 5. The molecule has 4 aromatic rings. The Balaban J connectivity index is 1.14. The van der Waals surface area contributed by atoms with Gasteiger partial charge in [0.05, 0.1) is 42.1 Å². The number of aromatic nitrogens is 3. The molecule has 35 heavy (non-hydrogen) atoms. The van der Waals surface area contributed by atoms with Crippen molar-refractivity contribution >= 4 is 17.1 Å². The fourth-order valence-electron chi connectivity index (χ4n) is 5.52. The highest BCUT2D eigenvalue weighted by Gasteiger charge is 2.48. The summed E-state index contributed by atoms with van der Waals surface area (Å²) in [5.74, 6) is 0.998. The molecule has 0 radical (unpaired) electrons. The summed E-state index contributed by atoms with van der Waals surface area (Å²) in [7, 11) is 0. The summed E-state index contributed by atoms with van der Waals surface area (Å²) in [4.78, 5) is 19.0. The highest BCUT2D eigenvalue weighted by Crippen LogP contribution is 2.41. The molecule has 1 spiro atoms. The second kappa shape index (κ2) is 8.58. The fraction of sp³-hybridized carbons (Fsp3) is 0.333. The molecule has 0 bridgehead atoms. The number of amides is 1. The number of nitrogens with zero attached hydrogens (tertiary/aromatic N) is 5. The molecule has 176 valence electrons. The fourth-order valence-corrected chi connectivity index (χ4v) is 5.52. The van der Waals surface area contributed by atoms with Crippen LogP contribution in [0.2, 0.25) is 0 Å². The summed E-state index contributed by atoms with van der Waals surface area (Å²) in [6.45, 7) is 1.67. The standard InChI is InChI=1S/C27H25N5O3/c28-14-19-8-9-23-25(11-19)32(18-29-23)15-20-5-4-10-27(13-20)17-31(26(33)34-27)16-22-12-24(30-35-22)21-6-2-1-3-7-21/h1-3,6-9,11-12,18,20H,4-5,10,13,15-17H2. The van der Waals surface area contributed by atoms with Crippen LogP contribution >= 0.6 is 0 Å². The predicted octanol–water partition coefficient (Wildman–Crippen LogP) is 5.14. The predicted molar refractivity (Wildman–Crippen MR) is 128 cm³/mol. The van der Waals surface area contributed by atoms with Crippen LogP contribution in [-0.4, -0.2) is 37.8 Å². The Kier molecular flexibility index (Phi) is 5.25. The lowest BCUT2D eigenvalue weighted by atomic mass is 9.78. The first kappa shape index (κ1) is 21.4. The zero-order chi connectivity index (χ0) is 23.8. The van der Waals surface area contributed by atoms with Gasteiger partial charge in [0.15, 0.2) is 5.76 Å². The number of ether oxygens (including phenoxy) is 1. The summed E-state index contributed by atoms with van der Waals surface area (Å²) in [6, 6.07) is 19.5. The Morgan fingerprint density at radius 2 is 2.06 bits per heavy atom. The van der Waals surface area contributed by atoms with Crippen molar-refractivity contribution in [3.63, 3.8) is 0 Å². The van der Waals surface area contributed by atoms with Crippen LogP contribution in [0.15, 0.2) is 65.4 Å². The second-order valence-electron chi connectivity index (χ2n) is 9.63. The van der Waals surface area contributed by atoms with Gasteiger partial charge in [-0.2, -0.15) is 5.26 Å². The van der Waals surface area contributed by atoms with Crippen molar-refractivity contribution in [2.45, 2.75) is 44.4 Å². The first-order chi connectivity index (χ1) is 17.1. The number of carbonyl (C=O) groups is 1. The molecular formula is C27H25N5O3. The Hall–Kier alpha value is -4.12. The first-order valence-electron chi connectivity index (χ1n) is 11.9. The number of benzene rings is 2. The average molecular weight is 468 g/mol. The molecule has 0 N–H and O–H groups in total. The van der Waals surface area contributed by atoms with Crippen molar-refractivity contribution < 1.29 is 14.1 Å². The number of fused-ring (bicyclic) bond motifs is 1. The third-order valence-electron chi connectivity index (χ3n) is 7.13. The van der Waals surface area contributed by atoms with Gasteiger partial charge in [-0.3, -0.25) is 4.90 Å². The molecular weight excluding hydrogens is 442 g/mol. The van der Waals surface area contributed by atoms with Gasteiger partial charge in [0, 0.05) is 18.2 Å². The van der Waals surface area contributed by atoms with Gasteiger partial charge in [0.25, 0.3) is 0 Å². The van der Waals surface area contributed by atoms with Crippen molar-refractivity contribution in [1.82, 2.24) is 19.6 Å².